The maximum Gasteiger partial charge on any atom is 0.257 e. The summed E-state index contributed by atoms with van der Waals surface area (Å²) < 4.78 is 5.85. The summed E-state index contributed by atoms with van der Waals surface area (Å²) in [6.45, 7) is 3.45. The highest BCUT2D eigenvalue weighted by molar-refractivity contribution is 5.97. The van der Waals surface area contributed by atoms with Gasteiger partial charge in [0, 0.05) is 32.4 Å². The van der Waals surface area contributed by atoms with Crippen molar-refractivity contribution in [2.24, 2.45) is 0 Å². The highest BCUT2D eigenvalue weighted by Gasteiger charge is 2.27. The third-order valence-electron chi connectivity index (χ3n) is 6.34. The number of ether oxygens (including phenoxy) is 1. The Morgan fingerprint density at radius 1 is 1.00 bits per heavy atom. The number of hydrogen-bond donors (Lipinski definition) is 1. The molecule has 0 saturated carbocycles. The molecular formula is C26H28N4O3. The van der Waals surface area contributed by atoms with Gasteiger partial charge in [0.05, 0.1) is 24.4 Å². The Balaban J connectivity index is 1.24. The number of rotatable bonds is 6. The second-order valence-electron chi connectivity index (χ2n) is 8.77. The number of β-amino-alcohol motifs (C(OH)–C–C–N with tert-alkyl or cyclic N) is 1. The fourth-order valence-corrected chi connectivity index (χ4v) is 4.67. The number of hydrogen-bond acceptors (Lipinski definition) is 6. The number of amides is 1. The summed E-state index contributed by atoms with van der Waals surface area (Å²) in [6.07, 6.45) is 4.42. The average molecular weight is 445 g/mol. The molecule has 33 heavy (non-hydrogen) atoms. The van der Waals surface area contributed by atoms with Gasteiger partial charge in [-0.2, -0.15) is 10.2 Å². The quantitative estimate of drug-likeness (QED) is 0.629. The van der Waals surface area contributed by atoms with Crippen LogP contribution in [0.15, 0.2) is 60.9 Å². The van der Waals surface area contributed by atoms with Crippen molar-refractivity contribution in [1.29, 1.82) is 0 Å². The van der Waals surface area contributed by atoms with Crippen LogP contribution in [0.5, 0.6) is 5.75 Å². The van der Waals surface area contributed by atoms with Crippen molar-refractivity contribution in [3.05, 3.63) is 88.7 Å². The van der Waals surface area contributed by atoms with Crippen LogP contribution < -0.4 is 4.74 Å². The number of nitrogens with zero attached hydrogens (tertiary/aromatic N) is 4. The van der Waals surface area contributed by atoms with Crippen molar-refractivity contribution >= 4 is 5.91 Å². The first-order valence-corrected chi connectivity index (χ1v) is 11.4. The summed E-state index contributed by atoms with van der Waals surface area (Å²) in [5.41, 5.74) is 5.29. The minimum atomic E-state index is -0.619. The van der Waals surface area contributed by atoms with E-state index in [2.05, 4.69) is 39.4 Å². The number of aromatic nitrogens is 2. The lowest BCUT2D eigenvalue weighted by atomic mass is 9.99. The Morgan fingerprint density at radius 2 is 1.88 bits per heavy atom. The first-order valence-electron chi connectivity index (χ1n) is 11.4. The van der Waals surface area contributed by atoms with Gasteiger partial charge >= 0.3 is 0 Å². The van der Waals surface area contributed by atoms with Crippen molar-refractivity contribution in [2.75, 3.05) is 32.8 Å². The average Bonchev–Trinajstić information content (AvgIpc) is 2.98. The van der Waals surface area contributed by atoms with Gasteiger partial charge in [0.1, 0.15) is 12.4 Å². The van der Waals surface area contributed by atoms with Gasteiger partial charge in [-0.05, 0) is 53.3 Å². The van der Waals surface area contributed by atoms with Crippen LogP contribution in [0.4, 0.5) is 0 Å². The normalized spacial score (nSPS) is 17.0. The number of carbonyl (C=O) groups is 1. The molecule has 5 rings (SSSR count). The molecule has 170 valence electrons. The lowest BCUT2D eigenvalue weighted by Crippen LogP contribution is -2.44. The SMILES string of the molecule is O=C1c2cc(Cc3ccnnc3)ccc2OCCN1C[C@H](O)CN1CCc2ccccc2C1. The van der Waals surface area contributed by atoms with Crippen LogP contribution in [0.1, 0.15) is 32.6 Å². The Hall–Kier alpha value is -3.29. The molecule has 0 radical (unpaired) electrons. The molecule has 1 N–H and O–H groups in total. The summed E-state index contributed by atoms with van der Waals surface area (Å²) in [7, 11) is 0. The van der Waals surface area contributed by atoms with Crippen LogP contribution in [0.2, 0.25) is 0 Å². The number of benzene rings is 2. The van der Waals surface area contributed by atoms with E-state index in [1.54, 1.807) is 17.3 Å². The monoisotopic (exact) mass is 444 g/mol. The Kier molecular flexibility index (Phi) is 6.32. The molecule has 1 atom stereocenters. The van der Waals surface area contributed by atoms with Gasteiger partial charge in [0.2, 0.25) is 0 Å². The molecule has 0 bridgehead atoms. The molecule has 1 amide bonds. The molecule has 7 heteroatoms. The highest BCUT2D eigenvalue weighted by Crippen LogP contribution is 2.26. The lowest BCUT2D eigenvalue weighted by molar-refractivity contribution is 0.0501. The van der Waals surface area contributed by atoms with E-state index in [4.69, 9.17) is 4.74 Å². The van der Waals surface area contributed by atoms with Crippen molar-refractivity contribution in [2.45, 2.75) is 25.5 Å². The number of carbonyl (C=O) groups excluding carboxylic acids is 1. The van der Waals surface area contributed by atoms with E-state index in [0.717, 1.165) is 30.6 Å². The maximum atomic E-state index is 13.3. The Morgan fingerprint density at radius 3 is 2.73 bits per heavy atom. The molecular weight excluding hydrogens is 416 g/mol. The number of aliphatic hydroxyl groups excluding tert-OH is 1. The van der Waals surface area contributed by atoms with Crippen molar-refractivity contribution in [1.82, 2.24) is 20.0 Å². The zero-order valence-corrected chi connectivity index (χ0v) is 18.6. The van der Waals surface area contributed by atoms with Crippen LogP contribution in [0, 0.1) is 0 Å². The number of fused-ring (bicyclic) bond motifs is 2. The van der Waals surface area contributed by atoms with E-state index in [0.29, 0.717) is 37.4 Å². The molecule has 0 spiro atoms. The molecule has 0 fully saturated rings. The minimum Gasteiger partial charge on any atom is -0.491 e. The first kappa shape index (κ1) is 21.6. The van der Waals surface area contributed by atoms with E-state index in [1.165, 1.54) is 11.1 Å². The Bertz CT molecular complexity index is 1120. The van der Waals surface area contributed by atoms with E-state index in [-0.39, 0.29) is 12.5 Å². The molecule has 2 aromatic carbocycles. The van der Waals surface area contributed by atoms with Crippen LogP contribution >= 0.6 is 0 Å². The van der Waals surface area contributed by atoms with E-state index in [9.17, 15) is 9.90 Å². The summed E-state index contributed by atoms with van der Waals surface area (Å²) >= 11 is 0. The first-order chi connectivity index (χ1) is 16.2. The molecule has 7 nitrogen and oxygen atoms in total. The lowest BCUT2D eigenvalue weighted by Gasteiger charge is -2.32. The second-order valence-corrected chi connectivity index (χ2v) is 8.77. The second kappa shape index (κ2) is 9.68. The molecule has 3 aromatic rings. The smallest absolute Gasteiger partial charge is 0.257 e. The summed E-state index contributed by atoms with van der Waals surface area (Å²) in [6, 6.07) is 16.1. The predicted molar refractivity (Wildman–Crippen MR) is 124 cm³/mol. The standard InChI is InChI=1S/C26H28N4O3/c31-23(17-29-10-8-21-3-1-2-4-22(21)16-29)18-30-11-12-33-25-6-5-19(14-24(25)26(30)32)13-20-7-9-27-28-15-20/h1-7,9,14-15,23,31H,8,10-13,16-18H2/t23-/m1/s1. The number of aliphatic hydroxyl groups is 1. The van der Waals surface area contributed by atoms with E-state index in [1.807, 2.05) is 24.3 Å². The van der Waals surface area contributed by atoms with Crippen LogP contribution in [-0.2, 0) is 19.4 Å². The van der Waals surface area contributed by atoms with Gasteiger partial charge in [0.25, 0.3) is 5.91 Å². The molecule has 3 heterocycles. The largest absolute Gasteiger partial charge is 0.491 e. The van der Waals surface area contributed by atoms with Crippen molar-refractivity contribution in [3.63, 3.8) is 0 Å². The summed E-state index contributed by atoms with van der Waals surface area (Å²) in [5, 5.41) is 18.6. The third-order valence-corrected chi connectivity index (χ3v) is 6.34. The van der Waals surface area contributed by atoms with Crippen LogP contribution in [0.3, 0.4) is 0 Å². The molecule has 0 saturated heterocycles. The minimum absolute atomic E-state index is 0.0970. The molecule has 1 aromatic heterocycles. The van der Waals surface area contributed by atoms with Gasteiger partial charge in [-0.1, -0.05) is 30.3 Å². The molecule has 2 aliphatic heterocycles. The van der Waals surface area contributed by atoms with Gasteiger partial charge in [-0.3, -0.25) is 9.69 Å². The zero-order chi connectivity index (χ0) is 22.6. The topological polar surface area (TPSA) is 78.8 Å². The maximum absolute atomic E-state index is 13.3. The van der Waals surface area contributed by atoms with Gasteiger partial charge in [0.15, 0.2) is 0 Å². The summed E-state index contributed by atoms with van der Waals surface area (Å²) in [5.74, 6) is 0.501. The zero-order valence-electron chi connectivity index (χ0n) is 18.6. The summed E-state index contributed by atoms with van der Waals surface area (Å²) in [4.78, 5) is 17.3. The van der Waals surface area contributed by atoms with Crippen LogP contribution in [0.25, 0.3) is 0 Å². The van der Waals surface area contributed by atoms with E-state index >= 15 is 0 Å². The third kappa shape index (κ3) is 5.05. The molecule has 0 aliphatic carbocycles. The Labute approximate surface area is 193 Å². The van der Waals surface area contributed by atoms with Gasteiger partial charge < -0.3 is 14.7 Å². The van der Waals surface area contributed by atoms with Crippen LogP contribution in [-0.4, -0.2) is 69.9 Å². The fourth-order valence-electron chi connectivity index (χ4n) is 4.67. The van der Waals surface area contributed by atoms with Crippen molar-refractivity contribution in [3.8, 4) is 5.75 Å². The predicted octanol–water partition coefficient (Wildman–Crippen LogP) is 2.32. The van der Waals surface area contributed by atoms with Gasteiger partial charge in [-0.15, -0.1) is 0 Å². The molecule has 0 unspecified atom stereocenters. The van der Waals surface area contributed by atoms with Crippen molar-refractivity contribution < 1.29 is 14.6 Å². The van der Waals surface area contributed by atoms with Gasteiger partial charge in [-0.25, -0.2) is 0 Å². The van der Waals surface area contributed by atoms with E-state index < -0.39 is 6.10 Å². The highest BCUT2D eigenvalue weighted by atomic mass is 16.5. The fraction of sp³-hybridized carbons (Fsp3) is 0.346. The molecule has 2 aliphatic rings.